The molecule has 0 radical (unpaired) electrons. The molecule has 2 heterocycles. The highest BCUT2D eigenvalue weighted by Crippen LogP contribution is 2.22. The fraction of sp³-hybridized carbons (Fsp3) is 0.643. The van der Waals surface area contributed by atoms with Crippen molar-refractivity contribution in [3.63, 3.8) is 0 Å². The highest BCUT2D eigenvalue weighted by molar-refractivity contribution is 5.83. The number of nitrogens with two attached hydrogens (primary N) is 1. The lowest BCUT2D eigenvalue weighted by atomic mass is 10.0. The molecule has 3 N–H and O–H groups in total. The van der Waals surface area contributed by atoms with E-state index >= 15 is 0 Å². The van der Waals surface area contributed by atoms with Gasteiger partial charge in [0.1, 0.15) is 6.04 Å². The predicted octanol–water partition coefficient (Wildman–Crippen LogP) is 0.573. The molecule has 1 saturated carbocycles. The van der Waals surface area contributed by atoms with E-state index in [0.717, 1.165) is 37.9 Å². The summed E-state index contributed by atoms with van der Waals surface area (Å²) in [5.41, 5.74) is 6.54. The molecule has 108 valence electrons. The van der Waals surface area contributed by atoms with Crippen LogP contribution < -0.4 is 16.0 Å². The Balaban J connectivity index is 1.66. The van der Waals surface area contributed by atoms with Gasteiger partial charge in [0.05, 0.1) is 0 Å². The summed E-state index contributed by atoms with van der Waals surface area (Å²) in [6.07, 6.45) is 9.10. The number of aromatic nitrogens is 2. The van der Waals surface area contributed by atoms with Gasteiger partial charge in [0, 0.05) is 37.1 Å². The molecule has 1 aromatic rings. The predicted molar refractivity (Wildman–Crippen MR) is 76.1 cm³/mol. The van der Waals surface area contributed by atoms with E-state index in [-0.39, 0.29) is 11.9 Å². The molecule has 6 heteroatoms. The molecule has 1 aliphatic carbocycles. The molecular formula is C14H21N5O. The number of rotatable bonds is 5. The summed E-state index contributed by atoms with van der Waals surface area (Å²) >= 11 is 0. The standard InChI is InChI=1S/C14H21N5O/c15-13(20)12-3-1-2-6-19(12)14-17-8-10(9-18-14)7-16-11-4-5-11/h8-9,11-12,16H,1-7H2,(H2,15,20). The number of carbonyl (C=O) groups excluding carboxylic acids is 1. The number of nitrogens with zero attached hydrogens (tertiary/aromatic N) is 3. The van der Waals surface area contributed by atoms with E-state index < -0.39 is 0 Å². The van der Waals surface area contributed by atoms with Crippen LogP contribution in [0.5, 0.6) is 0 Å². The lowest BCUT2D eigenvalue weighted by molar-refractivity contribution is -0.119. The number of hydrogen-bond acceptors (Lipinski definition) is 5. The van der Waals surface area contributed by atoms with Gasteiger partial charge in [-0.25, -0.2) is 9.97 Å². The second kappa shape index (κ2) is 5.75. The summed E-state index contributed by atoms with van der Waals surface area (Å²) in [7, 11) is 0. The monoisotopic (exact) mass is 275 g/mol. The van der Waals surface area contributed by atoms with E-state index in [1.54, 1.807) is 0 Å². The molecule has 1 aromatic heterocycles. The van der Waals surface area contributed by atoms with Crippen molar-refractivity contribution in [1.82, 2.24) is 15.3 Å². The molecule has 0 spiro atoms. The molecule has 1 atom stereocenters. The first-order valence-electron chi connectivity index (χ1n) is 7.34. The van der Waals surface area contributed by atoms with E-state index in [4.69, 9.17) is 5.73 Å². The molecule has 3 rings (SSSR count). The minimum Gasteiger partial charge on any atom is -0.368 e. The maximum atomic E-state index is 11.5. The number of amides is 1. The van der Waals surface area contributed by atoms with Gasteiger partial charge in [-0.05, 0) is 32.1 Å². The third-order valence-electron chi connectivity index (χ3n) is 3.95. The Morgan fingerprint density at radius 3 is 2.70 bits per heavy atom. The third-order valence-corrected chi connectivity index (χ3v) is 3.95. The zero-order valence-corrected chi connectivity index (χ0v) is 11.6. The quantitative estimate of drug-likeness (QED) is 0.821. The van der Waals surface area contributed by atoms with Crippen LogP contribution in [0.2, 0.25) is 0 Å². The molecular weight excluding hydrogens is 254 g/mol. The maximum absolute atomic E-state index is 11.5. The van der Waals surface area contributed by atoms with E-state index in [1.807, 2.05) is 17.3 Å². The van der Waals surface area contributed by atoms with Gasteiger partial charge in [0.15, 0.2) is 0 Å². The van der Waals surface area contributed by atoms with E-state index in [1.165, 1.54) is 12.8 Å². The van der Waals surface area contributed by atoms with Crippen LogP contribution in [-0.2, 0) is 11.3 Å². The van der Waals surface area contributed by atoms with Gasteiger partial charge in [0.25, 0.3) is 0 Å². The summed E-state index contributed by atoms with van der Waals surface area (Å²) in [5, 5.41) is 3.43. The first kappa shape index (κ1) is 13.3. The minimum atomic E-state index is -0.284. The highest BCUT2D eigenvalue weighted by atomic mass is 16.1. The lowest BCUT2D eigenvalue weighted by Gasteiger charge is -2.33. The van der Waals surface area contributed by atoms with Crippen LogP contribution in [0, 0.1) is 0 Å². The van der Waals surface area contributed by atoms with Crippen LogP contribution in [0.1, 0.15) is 37.7 Å². The van der Waals surface area contributed by atoms with Crippen molar-refractivity contribution >= 4 is 11.9 Å². The Morgan fingerprint density at radius 1 is 1.30 bits per heavy atom. The van der Waals surface area contributed by atoms with Crippen LogP contribution in [-0.4, -0.2) is 34.5 Å². The Kier molecular flexibility index (Phi) is 3.82. The van der Waals surface area contributed by atoms with Crippen molar-refractivity contribution in [2.75, 3.05) is 11.4 Å². The van der Waals surface area contributed by atoms with Crippen LogP contribution in [0.25, 0.3) is 0 Å². The number of carbonyl (C=O) groups is 1. The van der Waals surface area contributed by atoms with Crippen molar-refractivity contribution < 1.29 is 4.79 Å². The van der Waals surface area contributed by atoms with Gasteiger partial charge < -0.3 is 16.0 Å². The minimum absolute atomic E-state index is 0.265. The van der Waals surface area contributed by atoms with E-state index in [2.05, 4.69) is 15.3 Å². The first-order valence-corrected chi connectivity index (χ1v) is 7.34. The highest BCUT2D eigenvalue weighted by Gasteiger charge is 2.28. The van der Waals surface area contributed by atoms with Crippen molar-refractivity contribution in [2.24, 2.45) is 5.73 Å². The zero-order valence-electron chi connectivity index (χ0n) is 11.6. The van der Waals surface area contributed by atoms with E-state index in [0.29, 0.717) is 12.0 Å². The average Bonchev–Trinajstić information content (AvgIpc) is 3.30. The summed E-state index contributed by atoms with van der Waals surface area (Å²) in [5.74, 6) is 0.330. The fourth-order valence-corrected chi connectivity index (χ4v) is 2.60. The Bertz CT molecular complexity index is 471. The SMILES string of the molecule is NC(=O)C1CCCCN1c1ncc(CNC2CC2)cn1. The number of primary amides is 1. The Labute approximate surface area is 118 Å². The Morgan fingerprint density at radius 2 is 2.05 bits per heavy atom. The molecule has 1 unspecified atom stereocenters. The van der Waals surface area contributed by atoms with Crippen molar-refractivity contribution in [1.29, 1.82) is 0 Å². The average molecular weight is 275 g/mol. The van der Waals surface area contributed by atoms with Gasteiger partial charge in [0.2, 0.25) is 11.9 Å². The topological polar surface area (TPSA) is 84.1 Å². The van der Waals surface area contributed by atoms with Crippen molar-refractivity contribution in [2.45, 2.75) is 50.7 Å². The number of piperidine rings is 1. The first-order chi connectivity index (χ1) is 9.74. The van der Waals surface area contributed by atoms with Gasteiger partial charge in [-0.1, -0.05) is 0 Å². The lowest BCUT2D eigenvalue weighted by Crippen LogP contribution is -2.48. The molecule has 2 aliphatic rings. The summed E-state index contributed by atoms with van der Waals surface area (Å²) in [6, 6.07) is 0.412. The maximum Gasteiger partial charge on any atom is 0.240 e. The molecule has 1 saturated heterocycles. The summed E-state index contributed by atoms with van der Waals surface area (Å²) in [6.45, 7) is 1.61. The van der Waals surface area contributed by atoms with Gasteiger partial charge in [-0.2, -0.15) is 0 Å². The van der Waals surface area contributed by atoms with Crippen LogP contribution in [0.3, 0.4) is 0 Å². The molecule has 0 aromatic carbocycles. The molecule has 0 bridgehead atoms. The van der Waals surface area contributed by atoms with Crippen molar-refractivity contribution in [3.05, 3.63) is 18.0 Å². The molecule has 6 nitrogen and oxygen atoms in total. The van der Waals surface area contributed by atoms with Crippen LogP contribution in [0.4, 0.5) is 5.95 Å². The summed E-state index contributed by atoms with van der Waals surface area (Å²) in [4.78, 5) is 22.2. The third kappa shape index (κ3) is 3.07. The van der Waals surface area contributed by atoms with Crippen molar-refractivity contribution in [3.8, 4) is 0 Å². The largest absolute Gasteiger partial charge is 0.368 e. The molecule has 20 heavy (non-hydrogen) atoms. The molecule has 1 aliphatic heterocycles. The van der Waals surface area contributed by atoms with Gasteiger partial charge in [-0.15, -0.1) is 0 Å². The second-order valence-corrected chi connectivity index (χ2v) is 5.65. The van der Waals surface area contributed by atoms with Crippen LogP contribution in [0.15, 0.2) is 12.4 Å². The normalized spacial score (nSPS) is 22.8. The zero-order chi connectivity index (χ0) is 13.9. The number of anilines is 1. The Hall–Kier alpha value is -1.69. The fourth-order valence-electron chi connectivity index (χ4n) is 2.60. The summed E-state index contributed by atoms with van der Waals surface area (Å²) < 4.78 is 0. The smallest absolute Gasteiger partial charge is 0.240 e. The second-order valence-electron chi connectivity index (χ2n) is 5.65. The van der Waals surface area contributed by atoms with Gasteiger partial charge >= 0.3 is 0 Å². The van der Waals surface area contributed by atoms with Crippen LogP contribution >= 0.6 is 0 Å². The molecule has 2 fully saturated rings. The number of hydrogen-bond donors (Lipinski definition) is 2. The van der Waals surface area contributed by atoms with E-state index in [9.17, 15) is 4.79 Å². The number of nitrogens with one attached hydrogen (secondary N) is 1. The molecule has 1 amide bonds. The van der Waals surface area contributed by atoms with Gasteiger partial charge in [-0.3, -0.25) is 4.79 Å².